The van der Waals surface area contributed by atoms with Gasteiger partial charge in [-0.2, -0.15) is 5.10 Å². The van der Waals surface area contributed by atoms with Crippen LogP contribution in [0, 0.1) is 0 Å². The molecule has 1 aliphatic rings. The monoisotopic (exact) mass is 285 g/mol. The zero-order valence-corrected chi connectivity index (χ0v) is 11.5. The van der Waals surface area contributed by atoms with Gasteiger partial charge >= 0.3 is 0 Å². The molecule has 1 aromatic rings. The Labute approximate surface area is 106 Å². The highest BCUT2D eigenvalue weighted by Gasteiger charge is 2.35. The van der Waals surface area contributed by atoms with Gasteiger partial charge < -0.3 is 5.73 Å². The van der Waals surface area contributed by atoms with Crippen LogP contribution in [0.25, 0.3) is 0 Å². The number of aromatic nitrogens is 2. The number of nitrogens with zero attached hydrogens (tertiary/aromatic N) is 2. The van der Waals surface area contributed by atoms with E-state index in [2.05, 4.69) is 28.0 Å². The summed E-state index contributed by atoms with van der Waals surface area (Å²) in [6, 6.07) is 0. The van der Waals surface area contributed by atoms with Gasteiger partial charge in [-0.25, -0.2) is 0 Å². The Morgan fingerprint density at radius 3 is 2.62 bits per heavy atom. The van der Waals surface area contributed by atoms with Crippen molar-refractivity contribution in [1.82, 2.24) is 9.78 Å². The van der Waals surface area contributed by atoms with Crippen molar-refractivity contribution < 1.29 is 0 Å². The van der Waals surface area contributed by atoms with Crippen molar-refractivity contribution in [1.29, 1.82) is 0 Å². The summed E-state index contributed by atoms with van der Waals surface area (Å²) in [5.41, 5.74) is 7.52. The van der Waals surface area contributed by atoms with Crippen LogP contribution < -0.4 is 5.73 Å². The summed E-state index contributed by atoms with van der Waals surface area (Å²) in [6.07, 6.45) is 8.35. The minimum absolute atomic E-state index is 0.171. The topological polar surface area (TPSA) is 43.8 Å². The zero-order valence-electron chi connectivity index (χ0n) is 9.88. The average Bonchev–Trinajstić information content (AvgIpc) is 2.72. The molecule has 90 valence electrons. The summed E-state index contributed by atoms with van der Waals surface area (Å²) in [4.78, 5) is 0. The van der Waals surface area contributed by atoms with Crippen molar-refractivity contribution in [2.75, 3.05) is 6.54 Å². The molecule has 1 aliphatic carbocycles. The van der Waals surface area contributed by atoms with E-state index >= 15 is 0 Å². The van der Waals surface area contributed by atoms with E-state index < -0.39 is 0 Å². The molecule has 0 spiro atoms. The molecule has 0 amide bonds. The van der Waals surface area contributed by atoms with Crippen LogP contribution >= 0.6 is 15.9 Å². The second-order valence-electron chi connectivity index (χ2n) is 4.71. The molecule has 2 rings (SSSR count). The van der Waals surface area contributed by atoms with E-state index in [1.165, 1.54) is 37.7 Å². The van der Waals surface area contributed by atoms with Gasteiger partial charge in [-0.3, -0.25) is 4.68 Å². The van der Waals surface area contributed by atoms with Crippen LogP contribution in [0.1, 0.15) is 44.6 Å². The minimum Gasteiger partial charge on any atom is -0.330 e. The SMILES string of the molecule is CCn1ncc(C2(CN)CCCCC2)c1Br. The Morgan fingerprint density at radius 1 is 1.44 bits per heavy atom. The normalized spacial score (nSPS) is 19.9. The first-order chi connectivity index (χ1) is 7.73. The number of hydrogen-bond donors (Lipinski definition) is 1. The molecule has 0 bridgehead atoms. The molecule has 2 N–H and O–H groups in total. The Morgan fingerprint density at radius 2 is 2.12 bits per heavy atom. The zero-order chi connectivity index (χ0) is 11.6. The fourth-order valence-electron chi connectivity index (χ4n) is 2.76. The fraction of sp³-hybridized carbons (Fsp3) is 0.750. The molecule has 1 heterocycles. The average molecular weight is 286 g/mol. The van der Waals surface area contributed by atoms with E-state index in [-0.39, 0.29) is 5.41 Å². The van der Waals surface area contributed by atoms with Gasteiger partial charge in [0.1, 0.15) is 4.60 Å². The smallest absolute Gasteiger partial charge is 0.107 e. The lowest BCUT2D eigenvalue weighted by molar-refractivity contribution is 0.299. The second-order valence-corrected chi connectivity index (χ2v) is 5.46. The maximum atomic E-state index is 6.03. The Kier molecular flexibility index (Phi) is 3.70. The highest BCUT2D eigenvalue weighted by molar-refractivity contribution is 9.10. The maximum absolute atomic E-state index is 6.03. The van der Waals surface area contributed by atoms with Crippen molar-refractivity contribution >= 4 is 15.9 Å². The molecule has 0 aliphatic heterocycles. The Bertz CT molecular complexity index is 353. The Hall–Kier alpha value is -0.350. The van der Waals surface area contributed by atoms with Crippen molar-refractivity contribution in [2.45, 2.75) is 51.0 Å². The molecule has 3 nitrogen and oxygen atoms in total. The molecular formula is C12H20BrN3. The molecule has 0 unspecified atom stereocenters. The fourth-order valence-corrected chi connectivity index (χ4v) is 3.62. The van der Waals surface area contributed by atoms with Crippen molar-refractivity contribution in [3.63, 3.8) is 0 Å². The lowest BCUT2D eigenvalue weighted by atomic mass is 9.70. The van der Waals surface area contributed by atoms with E-state index in [0.29, 0.717) is 0 Å². The maximum Gasteiger partial charge on any atom is 0.107 e. The summed E-state index contributed by atoms with van der Waals surface area (Å²) >= 11 is 3.67. The number of hydrogen-bond acceptors (Lipinski definition) is 2. The third kappa shape index (κ3) is 1.93. The molecular weight excluding hydrogens is 266 g/mol. The minimum atomic E-state index is 0.171. The van der Waals surface area contributed by atoms with Gasteiger partial charge in [0.25, 0.3) is 0 Å². The van der Waals surface area contributed by atoms with E-state index in [4.69, 9.17) is 5.73 Å². The van der Waals surface area contributed by atoms with Crippen LogP contribution in [0.15, 0.2) is 10.8 Å². The predicted molar refractivity (Wildman–Crippen MR) is 69.4 cm³/mol. The molecule has 0 saturated heterocycles. The van der Waals surface area contributed by atoms with Crippen LogP contribution in [0.5, 0.6) is 0 Å². The highest BCUT2D eigenvalue weighted by Crippen LogP contribution is 2.41. The molecule has 0 aromatic carbocycles. The van der Waals surface area contributed by atoms with Gasteiger partial charge in [0.2, 0.25) is 0 Å². The van der Waals surface area contributed by atoms with Gasteiger partial charge in [0.05, 0.1) is 6.20 Å². The van der Waals surface area contributed by atoms with E-state index in [9.17, 15) is 0 Å². The van der Waals surface area contributed by atoms with Crippen molar-refractivity contribution in [3.05, 3.63) is 16.4 Å². The van der Waals surface area contributed by atoms with Crippen LogP contribution in [0.4, 0.5) is 0 Å². The number of rotatable bonds is 3. The highest BCUT2D eigenvalue weighted by atomic mass is 79.9. The molecule has 0 radical (unpaired) electrons. The molecule has 0 atom stereocenters. The van der Waals surface area contributed by atoms with E-state index in [1.54, 1.807) is 0 Å². The lowest BCUT2D eigenvalue weighted by Gasteiger charge is -2.36. The quantitative estimate of drug-likeness (QED) is 0.928. The summed E-state index contributed by atoms with van der Waals surface area (Å²) in [5, 5.41) is 4.42. The van der Waals surface area contributed by atoms with Gasteiger partial charge in [0, 0.05) is 24.1 Å². The van der Waals surface area contributed by atoms with Gasteiger partial charge in [-0.05, 0) is 35.7 Å². The van der Waals surface area contributed by atoms with Gasteiger partial charge in [-0.1, -0.05) is 19.3 Å². The molecule has 4 heteroatoms. The lowest BCUT2D eigenvalue weighted by Crippen LogP contribution is -2.37. The number of nitrogens with two attached hydrogens (primary N) is 1. The molecule has 16 heavy (non-hydrogen) atoms. The predicted octanol–water partition coefficient (Wildman–Crippen LogP) is 2.83. The third-order valence-corrected chi connectivity index (χ3v) is 4.68. The first-order valence-corrected chi connectivity index (χ1v) is 6.94. The number of aryl methyl sites for hydroxylation is 1. The van der Waals surface area contributed by atoms with E-state index in [1.807, 2.05) is 10.9 Å². The largest absolute Gasteiger partial charge is 0.330 e. The standard InChI is InChI=1S/C12H20BrN3/c1-2-16-11(13)10(8-15-16)12(9-14)6-4-3-5-7-12/h8H,2-7,9,14H2,1H3. The van der Waals surface area contributed by atoms with Crippen molar-refractivity contribution in [2.24, 2.45) is 5.73 Å². The Balaban J connectivity index is 2.35. The summed E-state index contributed by atoms with van der Waals surface area (Å²) in [7, 11) is 0. The second kappa shape index (κ2) is 4.88. The van der Waals surface area contributed by atoms with Crippen molar-refractivity contribution in [3.8, 4) is 0 Å². The summed E-state index contributed by atoms with van der Waals surface area (Å²) in [5.74, 6) is 0. The van der Waals surface area contributed by atoms with Gasteiger partial charge in [-0.15, -0.1) is 0 Å². The molecule has 1 saturated carbocycles. The van der Waals surface area contributed by atoms with Crippen LogP contribution in [-0.4, -0.2) is 16.3 Å². The summed E-state index contributed by atoms with van der Waals surface area (Å²) < 4.78 is 3.13. The first-order valence-electron chi connectivity index (χ1n) is 6.15. The van der Waals surface area contributed by atoms with E-state index in [0.717, 1.165) is 17.7 Å². The molecule has 1 aromatic heterocycles. The third-order valence-electron chi connectivity index (χ3n) is 3.85. The summed E-state index contributed by atoms with van der Waals surface area (Å²) in [6.45, 7) is 3.75. The van der Waals surface area contributed by atoms with Gasteiger partial charge in [0.15, 0.2) is 0 Å². The van der Waals surface area contributed by atoms with Crippen LogP contribution in [0.3, 0.4) is 0 Å². The molecule has 1 fully saturated rings. The first kappa shape index (κ1) is 12.1. The van der Waals surface area contributed by atoms with Crippen LogP contribution in [-0.2, 0) is 12.0 Å². The van der Waals surface area contributed by atoms with Crippen LogP contribution in [0.2, 0.25) is 0 Å². The number of halogens is 1.